The summed E-state index contributed by atoms with van der Waals surface area (Å²) >= 11 is 0. The third-order valence-electron chi connectivity index (χ3n) is 5.82. The van der Waals surface area contributed by atoms with Crippen molar-refractivity contribution >= 4 is 5.91 Å². The van der Waals surface area contributed by atoms with Crippen LogP contribution in [0.2, 0.25) is 0 Å². The largest absolute Gasteiger partial charge is 0.340 e. The molecule has 2 atom stereocenters. The van der Waals surface area contributed by atoms with E-state index in [-0.39, 0.29) is 5.91 Å². The highest BCUT2D eigenvalue weighted by molar-refractivity contribution is 5.93. The molecule has 0 bridgehead atoms. The zero-order valence-electron chi connectivity index (χ0n) is 15.4. The van der Waals surface area contributed by atoms with E-state index in [1.165, 1.54) is 45.2 Å². The number of aromatic nitrogens is 3. The van der Waals surface area contributed by atoms with E-state index in [0.29, 0.717) is 23.3 Å². The normalized spacial score (nSPS) is 23.4. The van der Waals surface area contributed by atoms with Gasteiger partial charge >= 0.3 is 0 Å². The van der Waals surface area contributed by atoms with Crippen LogP contribution < -0.4 is 0 Å². The van der Waals surface area contributed by atoms with E-state index in [0.717, 1.165) is 12.2 Å². The number of hydrogen-bond acceptors (Lipinski definition) is 4. The van der Waals surface area contributed by atoms with Crippen LogP contribution in [0.25, 0.3) is 11.4 Å². The molecule has 0 radical (unpaired) electrons. The third kappa shape index (κ3) is 3.51. The lowest BCUT2D eigenvalue weighted by molar-refractivity contribution is 0.0401. The van der Waals surface area contributed by atoms with Gasteiger partial charge in [0.15, 0.2) is 0 Å². The molecule has 138 valence electrons. The van der Waals surface area contributed by atoms with Crippen LogP contribution in [0, 0.1) is 5.92 Å². The summed E-state index contributed by atoms with van der Waals surface area (Å²) in [7, 11) is 1.91. The molecule has 0 unspecified atom stereocenters. The average molecular weight is 353 g/mol. The Morgan fingerprint density at radius 1 is 1.23 bits per heavy atom. The molecule has 6 nitrogen and oxygen atoms in total. The number of fused-ring (bicyclic) bond motifs is 1. The molecule has 4 rings (SSSR count). The highest BCUT2D eigenvalue weighted by atomic mass is 16.2. The number of rotatable bonds is 4. The summed E-state index contributed by atoms with van der Waals surface area (Å²) in [4.78, 5) is 21.6. The number of amides is 1. The molecule has 0 saturated carbocycles. The Morgan fingerprint density at radius 3 is 2.96 bits per heavy atom. The van der Waals surface area contributed by atoms with Crippen LogP contribution in [-0.2, 0) is 0 Å². The van der Waals surface area contributed by atoms with Crippen LogP contribution in [0.1, 0.15) is 42.6 Å². The van der Waals surface area contributed by atoms with E-state index in [9.17, 15) is 4.79 Å². The summed E-state index contributed by atoms with van der Waals surface area (Å²) in [6, 6.07) is 8.14. The maximum Gasteiger partial charge on any atom is 0.271 e. The molecule has 2 aromatic heterocycles. The van der Waals surface area contributed by atoms with E-state index in [1.807, 2.05) is 30.1 Å². The van der Waals surface area contributed by atoms with Crippen LogP contribution in [0.4, 0.5) is 0 Å². The van der Waals surface area contributed by atoms with E-state index >= 15 is 0 Å². The first-order valence-corrected chi connectivity index (χ1v) is 9.68. The summed E-state index contributed by atoms with van der Waals surface area (Å²) < 4.78 is 0. The summed E-state index contributed by atoms with van der Waals surface area (Å²) in [5.41, 5.74) is 2.01. The quantitative estimate of drug-likeness (QED) is 0.918. The van der Waals surface area contributed by atoms with Gasteiger partial charge in [-0.15, -0.1) is 0 Å². The molecule has 2 aliphatic heterocycles. The van der Waals surface area contributed by atoms with Crippen LogP contribution in [-0.4, -0.2) is 63.6 Å². The first-order valence-electron chi connectivity index (χ1n) is 9.68. The molecular weight excluding hydrogens is 326 g/mol. The topological polar surface area (TPSA) is 65.1 Å². The molecule has 0 aliphatic carbocycles. The number of nitrogens with one attached hydrogen (secondary N) is 1. The van der Waals surface area contributed by atoms with Gasteiger partial charge in [-0.1, -0.05) is 12.5 Å². The number of aromatic amines is 1. The van der Waals surface area contributed by atoms with Crippen LogP contribution in [0.3, 0.4) is 0 Å². The number of piperidine rings is 2. The Morgan fingerprint density at radius 2 is 2.12 bits per heavy atom. The lowest BCUT2D eigenvalue weighted by Crippen LogP contribution is -2.51. The number of carbonyl (C=O) groups is 1. The molecule has 6 heteroatoms. The van der Waals surface area contributed by atoms with Crippen molar-refractivity contribution in [2.45, 2.75) is 38.1 Å². The first kappa shape index (κ1) is 17.2. The van der Waals surface area contributed by atoms with Gasteiger partial charge in [0.2, 0.25) is 0 Å². The summed E-state index contributed by atoms with van der Waals surface area (Å²) in [5, 5.41) is 7.15. The molecule has 2 aliphatic rings. The fraction of sp³-hybridized carbons (Fsp3) is 0.550. The Kier molecular flexibility index (Phi) is 5.02. The maximum absolute atomic E-state index is 12.8. The zero-order chi connectivity index (χ0) is 17.9. The summed E-state index contributed by atoms with van der Waals surface area (Å²) in [6.07, 6.45) is 8.13. The minimum Gasteiger partial charge on any atom is -0.340 e. The van der Waals surface area contributed by atoms with Crippen molar-refractivity contribution in [3.8, 4) is 11.4 Å². The van der Waals surface area contributed by atoms with E-state index < -0.39 is 0 Å². The molecule has 1 amide bonds. The van der Waals surface area contributed by atoms with Crippen molar-refractivity contribution in [1.29, 1.82) is 0 Å². The lowest BCUT2D eigenvalue weighted by atomic mass is 9.83. The van der Waals surface area contributed by atoms with Gasteiger partial charge in [-0.25, -0.2) is 0 Å². The van der Waals surface area contributed by atoms with Gasteiger partial charge in [0.05, 0.1) is 5.69 Å². The van der Waals surface area contributed by atoms with Crippen molar-refractivity contribution in [3.63, 3.8) is 0 Å². The molecule has 2 aromatic rings. The fourth-order valence-electron chi connectivity index (χ4n) is 4.51. The predicted octanol–water partition coefficient (Wildman–Crippen LogP) is 2.81. The van der Waals surface area contributed by atoms with Crippen molar-refractivity contribution in [3.05, 3.63) is 36.2 Å². The van der Waals surface area contributed by atoms with Gasteiger partial charge in [0.1, 0.15) is 11.4 Å². The summed E-state index contributed by atoms with van der Waals surface area (Å²) in [6.45, 7) is 3.28. The van der Waals surface area contributed by atoms with Crippen LogP contribution >= 0.6 is 0 Å². The molecule has 2 fully saturated rings. The smallest absolute Gasteiger partial charge is 0.271 e. The Balaban J connectivity index is 1.42. The average Bonchev–Trinajstić information content (AvgIpc) is 3.18. The van der Waals surface area contributed by atoms with Gasteiger partial charge in [0, 0.05) is 25.8 Å². The molecule has 2 saturated heterocycles. The second-order valence-corrected chi connectivity index (χ2v) is 7.57. The van der Waals surface area contributed by atoms with Crippen molar-refractivity contribution < 1.29 is 4.79 Å². The molecule has 0 spiro atoms. The number of pyridine rings is 1. The zero-order valence-corrected chi connectivity index (χ0v) is 15.4. The van der Waals surface area contributed by atoms with Gasteiger partial charge in [-0.2, -0.15) is 5.10 Å². The molecular formula is C20H27N5O. The van der Waals surface area contributed by atoms with Crippen LogP contribution in [0.5, 0.6) is 0 Å². The number of nitrogens with zero attached hydrogens (tertiary/aromatic N) is 4. The van der Waals surface area contributed by atoms with E-state index in [2.05, 4.69) is 20.1 Å². The number of hydrogen-bond donors (Lipinski definition) is 1. The van der Waals surface area contributed by atoms with E-state index in [4.69, 9.17) is 0 Å². The van der Waals surface area contributed by atoms with Gasteiger partial charge < -0.3 is 9.80 Å². The van der Waals surface area contributed by atoms with Gasteiger partial charge in [-0.3, -0.25) is 14.9 Å². The minimum absolute atomic E-state index is 0.00705. The SMILES string of the molecule is CN(C[C@@H]1CCCN2CCCC[C@H]12)C(=O)c1cc(-c2ccccn2)n[nH]1. The molecule has 26 heavy (non-hydrogen) atoms. The fourth-order valence-corrected chi connectivity index (χ4v) is 4.51. The molecule has 0 aromatic carbocycles. The highest BCUT2D eigenvalue weighted by Gasteiger charge is 2.34. The third-order valence-corrected chi connectivity index (χ3v) is 5.82. The highest BCUT2D eigenvalue weighted by Crippen LogP contribution is 2.31. The Labute approximate surface area is 154 Å². The van der Waals surface area contributed by atoms with Crippen LogP contribution in [0.15, 0.2) is 30.5 Å². The predicted molar refractivity (Wildman–Crippen MR) is 101 cm³/mol. The molecule has 1 N–H and O–H groups in total. The first-order chi connectivity index (χ1) is 12.7. The number of H-pyrrole nitrogens is 1. The standard InChI is InChI=1S/C20H27N5O/c1-24(14-15-7-6-12-25-11-5-3-9-19(15)25)20(26)18-13-17(22-23-18)16-8-2-4-10-21-16/h2,4,8,10,13,15,19H,3,5-7,9,11-12,14H2,1H3,(H,22,23)/t15-,19+/m0/s1. The number of carbonyl (C=O) groups excluding carboxylic acids is 1. The Hall–Kier alpha value is -2.21. The lowest BCUT2D eigenvalue weighted by Gasteiger charge is -2.45. The van der Waals surface area contributed by atoms with Crippen molar-refractivity contribution in [2.75, 3.05) is 26.7 Å². The van der Waals surface area contributed by atoms with E-state index in [1.54, 1.807) is 12.3 Å². The maximum atomic E-state index is 12.8. The molecule has 4 heterocycles. The summed E-state index contributed by atoms with van der Waals surface area (Å²) in [5.74, 6) is 0.587. The van der Waals surface area contributed by atoms with Crippen molar-refractivity contribution in [2.24, 2.45) is 5.92 Å². The second-order valence-electron chi connectivity index (χ2n) is 7.57. The second kappa shape index (κ2) is 7.58. The minimum atomic E-state index is 0.00705. The Bertz CT molecular complexity index is 742. The van der Waals surface area contributed by atoms with Gasteiger partial charge in [0.25, 0.3) is 5.91 Å². The monoisotopic (exact) mass is 353 g/mol. The van der Waals surface area contributed by atoms with Crippen molar-refractivity contribution in [1.82, 2.24) is 25.0 Å². The van der Waals surface area contributed by atoms with Gasteiger partial charge in [-0.05, 0) is 62.9 Å².